The molecule has 0 aliphatic heterocycles. The molecule has 0 heterocycles. The quantitative estimate of drug-likeness (QED) is 0.205. The van der Waals surface area contributed by atoms with Crippen LogP contribution in [-0.2, 0) is 16.4 Å². The van der Waals surface area contributed by atoms with Crippen molar-refractivity contribution in [2.75, 3.05) is 33.8 Å². The Morgan fingerprint density at radius 3 is 2.29 bits per heavy atom. The van der Waals surface area contributed by atoms with E-state index >= 15 is 0 Å². The van der Waals surface area contributed by atoms with E-state index in [-0.39, 0.29) is 35.4 Å². The van der Waals surface area contributed by atoms with Gasteiger partial charge in [0.2, 0.25) is 10.0 Å². The molecule has 0 atom stereocenters. The molecule has 154 valence electrons. The molecule has 0 saturated carbocycles. The van der Waals surface area contributed by atoms with Gasteiger partial charge in [-0.05, 0) is 30.2 Å². The normalized spacial score (nSPS) is 11.4. The van der Waals surface area contributed by atoms with Gasteiger partial charge in [-0.25, -0.2) is 13.1 Å². The fraction of sp³-hybridized carbons (Fsp3) is 0.316. The van der Waals surface area contributed by atoms with Gasteiger partial charge in [0.15, 0.2) is 5.96 Å². The van der Waals surface area contributed by atoms with Gasteiger partial charge in [0.25, 0.3) is 0 Å². The Bertz CT molecular complexity index is 845. The number of nitrogens with zero attached hydrogens (tertiary/aromatic N) is 1. The number of sulfonamides is 1. The van der Waals surface area contributed by atoms with Crippen LogP contribution in [0.3, 0.4) is 0 Å². The van der Waals surface area contributed by atoms with E-state index in [1.807, 2.05) is 24.3 Å². The lowest BCUT2D eigenvalue weighted by atomic mass is 10.1. The molecule has 2 aromatic rings. The number of guanidine groups is 1. The third-order valence-corrected chi connectivity index (χ3v) is 5.34. The third kappa shape index (κ3) is 7.64. The average molecular weight is 518 g/mol. The van der Waals surface area contributed by atoms with Gasteiger partial charge in [-0.3, -0.25) is 4.99 Å². The maximum absolute atomic E-state index is 12.1. The van der Waals surface area contributed by atoms with Crippen LogP contribution in [0.25, 0.3) is 0 Å². The summed E-state index contributed by atoms with van der Waals surface area (Å²) in [6.45, 7) is 1.35. The Labute approximate surface area is 184 Å². The highest BCUT2D eigenvalue weighted by atomic mass is 127. The highest BCUT2D eigenvalue weighted by molar-refractivity contribution is 14.0. The zero-order valence-electron chi connectivity index (χ0n) is 16.0. The summed E-state index contributed by atoms with van der Waals surface area (Å²) in [7, 11) is -0.161. The number of para-hydroxylation sites is 1. The average Bonchev–Trinajstić information content (AvgIpc) is 2.70. The van der Waals surface area contributed by atoms with Crippen molar-refractivity contribution in [3.8, 4) is 5.75 Å². The summed E-state index contributed by atoms with van der Waals surface area (Å²) in [6.07, 6.45) is 0.783. The largest absolute Gasteiger partial charge is 0.496 e. The number of methoxy groups -OCH3 is 1. The van der Waals surface area contributed by atoms with Crippen molar-refractivity contribution in [3.05, 3.63) is 60.2 Å². The Kier molecular flexibility index (Phi) is 10.9. The summed E-state index contributed by atoms with van der Waals surface area (Å²) in [4.78, 5) is 4.39. The van der Waals surface area contributed by atoms with Crippen molar-refractivity contribution in [2.24, 2.45) is 4.99 Å². The fourth-order valence-corrected chi connectivity index (χ4v) is 3.55. The summed E-state index contributed by atoms with van der Waals surface area (Å²) in [5, 5.41) is 6.29. The number of ether oxygens (including phenoxy) is 1. The van der Waals surface area contributed by atoms with Gasteiger partial charge in [-0.2, -0.15) is 0 Å². The summed E-state index contributed by atoms with van der Waals surface area (Å²) in [5.41, 5.74) is 1.11. The zero-order valence-corrected chi connectivity index (χ0v) is 19.2. The molecule has 9 heteroatoms. The van der Waals surface area contributed by atoms with Crippen LogP contribution in [0.2, 0.25) is 0 Å². The minimum Gasteiger partial charge on any atom is -0.496 e. The SMILES string of the molecule is CN=C(NCCNS(=O)(=O)c1ccccc1)NCCc1ccccc1OC.I. The first-order valence-corrected chi connectivity index (χ1v) is 10.2. The van der Waals surface area contributed by atoms with Crippen LogP contribution in [-0.4, -0.2) is 48.2 Å². The second-order valence-electron chi connectivity index (χ2n) is 5.70. The minimum atomic E-state index is -3.49. The number of rotatable bonds is 9. The molecule has 0 spiro atoms. The predicted molar refractivity (Wildman–Crippen MR) is 123 cm³/mol. The van der Waals surface area contributed by atoms with Gasteiger partial charge >= 0.3 is 0 Å². The second kappa shape index (κ2) is 12.6. The Balaban J connectivity index is 0.00000392. The minimum absolute atomic E-state index is 0. The number of nitrogens with one attached hydrogen (secondary N) is 3. The van der Waals surface area contributed by atoms with E-state index in [0.29, 0.717) is 19.0 Å². The van der Waals surface area contributed by atoms with Crippen LogP contribution in [0.5, 0.6) is 5.75 Å². The first-order valence-electron chi connectivity index (χ1n) is 8.68. The molecule has 0 fully saturated rings. The molecule has 2 aromatic carbocycles. The number of hydrogen-bond acceptors (Lipinski definition) is 4. The number of halogens is 1. The molecule has 0 radical (unpaired) electrons. The first kappa shape index (κ1) is 24.2. The van der Waals surface area contributed by atoms with E-state index in [1.165, 1.54) is 0 Å². The van der Waals surface area contributed by atoms with E-state index in [0.717, 1.165) is 17.7 Å². The topological polar surface area (TPSA) is 91.8 Å². The van der Waals surface area contributed by atoms with Crippen LogP contribution in [0.15, 0.2) is 64.5 Å². The lowest BCUT2D eigenvalue weighted by Crippen LogP contribution is -2.42. The van der Waals surface area contributed by atoms with Crippen molar-refractivity contribution in [3.63, 3.8) is 0 Å². The molecule has 2 rings (SSSR count). The number of hydrogen-bond donors (Lipinski definition) is 3. The lowest BCUT2D eigenvalue weighted by Gasteiger charge is -2.13. The van der Waals surface area contributed by atoms with Crippen molar-refractivity contribution in [1.82, 2.24) is 15.4 Å². The van der Waals surface area contributed by atoms with E-state index in [9.17, 15) is 8.42 Å². The maximum atomic E-state index is 12.1. The van der Waals surface area contributed by atoms with Crippen LogP contribution in [0.1, 0.15) is 5.56 Å². The van der Waals surface area contributed by atoms with Gasteiger partial charge < -0.3 is 15.4 Å². The van der Waals surface area contributed by atoms with Crippen molar-refractivity contribution >= 4 is 40.0 Å². The van der Waals surface area contributed by atoms with Gasteiger partial charge in [0, 0.05) is 26.7 Å². The van der Waals surface area contributed by atoms with Crippen LogP contribution < -0.4 is 20.1 Å². The van der Waals surface area contributed by atoms with E-state index < -0.39 is 10.0 Å². The Morgan fingerprint density at radius 2 is 1.61 bits per heavy atom. The van der Waals surface area contributed by atoms with Crippen molar-refractivity contribution in [1.29, 1.82) is 0 Å². The molecule has 0 bridgehead atoms. The molecule has 0 unspecified atom stereocenters. The zero-order chi connectivity index (χ0) is 19.5. The van der Waals surface area contributed by atoms with Crippen LogP contribution in [0.4, 0.5) is 0 Å². The molecule has 0 amide bonds. The molecule has 3 N–H and O–H groups in total. The Morgan fingerprint density at radius 1 is 0.964 bits per heavy atom. The summed E-state index contributed by atoms with van der Waals surface area (Å²) >= 11 is 0. The molecule has 28 heavy (non-hydrogen) atoms. The number of aliphatic imine (C=N–C) groups is 1. The Hall–Kier alpha value is -1.85. The highest BCUT2D eigenvalue weighted by Gasteiger charge is 2.12. The van der Waals surface area contributed by atoms with E-state index in [4.69, 9.17) is 4.74 Å². The summed E-state index contributed by atoms with van der Waals surface area (Å²) in [5.74, 6) is 1.47. The van der Waals surface area contributed by atoms with Gasteiger partial charge in [0.05, 0.1) is 12.0 Å². The van der Waals surface area contributed by atoms with Crippen LogP contribution in [0, 0.1) is 0 Å². The molecule has 0 aromatic heterocycles. The predicted octanol–water partition coefficient (Wildman–Crippen LogP) is 2.00. The fourth-order valence-electron chi connectivity index (χ4n) is 2.49. The first-order chi connectivity index (χ1) is 13.1. The van der Waals surface area contributed by atoms with Gasteiger partial charge in [0.1, 0.15) is 5.75 Å². The monoisotopic (exact) mass is 518 g/mol. The standard InChI is InChI=1S/C19H26N4O3S.HI/c1-20-19(21-13-12-16-8-6-7-11-18(16)26-2)22-14-15-23-27(24,25)17-9-4-3-5-10-17;/h3-11,23H,12-15H2,1-2H3,(H2,20,21,22);1H. The molecular weight excluding hydrogens is 491 g/mol. The van der Waals surface area contributed by atoms with Crippen molar-refractivity contribution < 1.29 is 13.2 Å². The molecule has 7 nitrogen and oxygen atoms in total. The molecule has 0 saturated heterocycles. The van der Waals surface area contributed by atoms with E-state index in [2.05, 4.69) is 20.3 Å². The van der Waals surface area contributed by atoms with E-state index in [1.54, 1.807) is 44.5 Å². The maximum Gasteiger partial charge on any atom is 0.240 e. The third-order valence-electron chi connectivity index (χ3n) is 3.87. The van der Waals surface area contributed by atoms with Crippen LogP contribution >= 0.6 is 24.0 Å². The molecule has 0 aliphatic rings. The van der Waals surface area contributed by atoms with Crippen molar-refractivity contribution in [2.45, 2.75) is 11.3 Å². The molecule has 0 aliphatic carbocycles. The number of benzene rings is 2. The summed E-state index contributed by atoms with van der Waals surface area (Å²) in [6, 6.07) is 16.2. The lowest BCUT2D eigenvalue weighted by molar-refractivity contribution is 0.409. The smallest absolute Gasteiger partial charge is 0.240 e. The van der Waals surface area contributed by atoms with Gasteiger partial charge in [-0.1, -0.05) is 36.4 Å². The van der Waals surface area contributed by atoms with Gasteiger partial charge in [-0.15, -0.1) is 24.0 Å². The highest BCUT2D eigenvalue weighted by Crippen LogP contribution is 2.17. The summed E-state index contributed by atoms with van der Waals surface area (Å²) < 4.78 is 32.2. The second-order valence-corrected chi connectivity index (χ2v) is 7.47. The molecular formula is C19H27IN4O3S.